The number of ether oxygens (including phenoxy) is 1. The molecule has 110 valence electrons. The Morgan fingerprint density at radius 2 is 2.25 bits per heavy atom. The van der Waals surface area contributed by atoms with Gasteiger partial charge >= 0.3 is 0 Å². The topological polar surface area (TPSA) is 52.2 Å². The zero-order chi connectivity index (χ0) is 14.4. The van der Waals surface area contributed by atoms with E-state index in [0.717, 1.165) is 24.6 Å². The summed E-state index contributed by atoms with van der Waals surface area (Å²) in [5, 5.41) is 3.46. The summed E-state index contributed by atoms with van der Waals surface area (Å²) >= 11 is 0. The average molecular weight is 277 g/mol. The number of imidazole rings is 1. The largest absolute Gasteiger partial charge is 0.468 e. The Balaban J connectivity index is 1.91. The second-order valence-electron chi connectivity index (χ2n) is 5.38. The van der Waals surface area contributed by atoms with Crippen LogP contribution >= 0.6 is 0 Å². The van der Waals surface area contributed by atoms with Gasteiger partial charge in [-0.1, -0.05) is 13.8 Å². The van der Waals surface area contributed by atoms with E-state index in [4.69, 9.17) is 9.15 Å². The number of nitrogens with one attached hydrogen (secondary N) is 1. The summed E-state index contributed by atoms with van der Waals surface area (Å²) in [6.45, 7) is 6.37. The first-order valence-electron chi connectivity index (χ1n) is 6.96. The summed E-state index contributed by atoms with van der Waals surface area (Å²) in [5.41, 5.74) is 1.13. The minimum Gasteiger partial charge on any atom is -0.468 e. The monoisotopic (exact) mass is 277 g/mol. The summed E-state index contributed by atoms with van der Waals surface area (Å²) in [6.07, 6.45) is 5.35. The Morgan fingerprint density at radius 3 is 2.85 bits per heavy atom. The number of hydrogen-bond donors (Lipinski definition) is 1. The summed E-state index contributed by atoms with van der Waals surface area (Å²) < 4.78 is 13.2. The molecular formula is C15H23N3O2. The molecule has 0 saturated carbocycles. The SMILES string of the molecule is CC(C)COCC(NCc1cncn1C)c1ccco1. The van der Waals surface area contributed by atoms with Gasteiger partial charge in [0, 0.05) is 26.4 Å². The van der Waals surface area contributed by atoms with Gasteiger partial charge in [0.15, 0.2) is 0 Å². The van der Waals surface area contributed by atoms with Crippen LogP contribution in [-0.2, 0) is 18.3 Å². The molecule has 0 aliphatic heterocycles. The van der Waals surface area contributed by atoms with Crippen LogP contribution in [0.4, 0.5) is 0 Å². The lowest BCUT2D eigenvalue weighted by atomic mass is 10.2. The summed E-state index contributed by atoms with van der Waals surface area (Å²) in [6, 6.07) is 3.93. The minimum absolute atomic E-state index is 0.0543. The van der Waals surface area contributed by atoms with Gasteiger partial charge in [0.1, 0.15) is 5.76 Å². The van der Waals surface area contributed by atoms with Gasteiger partial charge in [-0.3, -0.25) is 5.32 Å². The molecular weight excluding hydrogens is 254 g/mol. The zero-order valence-corrected chi connectivity index (χ0v) is 12.4. The molecule has 20 heavy (non-hydrogen) atoms. The van der Waals surface area contributed by atoms with Crippen molar-refractivity contribution in [3.05, 3.63) is 42.4 Å². The molecule has 5 nitrogen and oxygen atoms in total. The second-order valence-corrected chi connectivity index (χ2v) is 5.38. The molecule has 0 fully saturated rings. The molecule has 2 aromatic rings. The van der Waals surface area contributed by atoms with E-state index in [0.29, 0.717) is 12.5 Å². The number of furan rings is 1. The van der Waals surface area contributed by atoms with E-state index in [1.165, 1.54) is 0 Å². The van der Waals surface area contributed by atoms with Crippen LogP contribution in [0.5, 0.6) is 0 Å². The standard InChI is InChI=1S/C15H23N3O2/c1-12(2)9-19-10-14(15-5-4-6-20-15)17-8-13-7-16-11-18(13)3/h4-7,11-12,14,17H,8-10H2,1-3H3. The van der Waals surface area contributed by atoms with Crippen molar-refractivity contribution in [1.29, 1.82) is 0 Å². The molecule has 2 aromatic heterocycles. The molecule has 0 aromatic carbocycles. The van der Waals surface area contributed by atoms with Gasteiger partial charge < -0.3 is 13.7 Å². The lowest BCUT2D eigenvalue weighted by Crippen LogP contribution is -2.26. The molecule has 0 aliphatic rings. The van der Waals surface area contributed by atoms with Crippen LogP contribution < -0.4 is 5.32 Å². The van der Waals surface area contributed by atoms with Crippen molar-refractivity contribution in [2.24, 2.45) is 13.0 Å². The quantitative estimate of drug-likeness (QED) is 0.805. The fourth-order valence-corrected chi connectivity index (χ4v) is 1.94. The minimum atomic E-state index is 0.0543. The molecule has 1 unspecified atom stereocenters. The highest BCUT2D eigenvalue weighted by Crippen LogP contribution is 2.15. The summed E-state index contributed by atoms with van der Waals surface area (Å²) in [4.78, 5) is 4.12. The van der Waals surface area contributed by atoms with Crippen molar-refractivity contribution in [2.45, 2.75) is 26.4 Å². The number of aryl methyl sites for hydroxylation is 1. The first-order valence-corrected chi connectivity index (χ1v) is 6.96. The Bertz CT molecular complexity index is 491. The zero-order valence-electron chi connectivity index (χ0n) is 12.4. The number of nitrogens with zero attached hydrogens (tertiary/aromatic N) is 2. The van der Waals surface area contributed by atoms with Crippen LogP contribution in [0.15, 0.2) is 35.3 Å². The predicted molar refractivity (Wildman–Crippen MR) is 77.2 cm³/mol. The summed E-state index contributed by atoms with van der Waals surface area (Å²) in [5.74, 6) is 1.43. The van der Waals surface area contributed by atoms with E-state index in [9.17, 15) is 0 Å². The fraction of sp³-hybridized carbons (Fsp3) is 0.533. The van der Waals surface area contributed by atoms with Gasteiger partial charge in [-0.25, -0.2) is 4.98 Å². The summed E-state index contributed by atoms with van der Waals surface area (Å²) in [7, 11) is 1.99. The molecule has 1 N–H and O–H groups in total. The van der Waals surface area contributed by atoms with Crippen LogP contribution in [-0.4, -0.2) is 22.8 Å². The van der Waals surface area contributed by atoms with Gasteiger partial charge in [0.05, 0.1) is 30.9 Å². The van der Waals surface area contributed by atoms with Crippen molar-refractivity contribution in [3.8, 4) is 0 Å². The lowest BCUT2D eigenvalue weighted by Gasteiger charge is -2.17. The van der Waals surface area contributed by atoms with Gasteiger partial charge in [-0.15, -0.1) is 0 Å². The molecule has 0 bridgehead atoms. The molecule has 2 rings (SSSR count). The first kappa shape index (κ1) is 14.8. The van der Waals surface area contributed by atoms with Crippen molar-refractivity contribution >= 4 is 0 Å². The third-order valence-corrected chi connectivity index (χ3v) is 3.07. The van der Waals surface area contributed by atoms with Crippen LogP contribution in [0.2, 0.25) is 0 Å². The van der Waals surface area contributed by atoms with Crippen LogP contribution in [0, 0.1) is 5.92 Å². The molecule has 0 amide bonds. The van der Waals surface area contributed by atoms with E-state index >= 15 is 0 Å². The third kappa shape index (κ3) is 4.21. The second kappa shape index (κ2) is 7.26. The van der Waals surface area contributed by atoms with Gasteiger partial charge in [0.25, 0.3) is 0 Å². The maximum absolute atomic E-state index is 5.74. The van der Waals surface area contributed by atoms with Gasteiger partial charge in [-0.2, -0.15) is 0 Å². The van der Waals surface area contributed by atoms with E-state index < -0.39 is 0 Å². The third-order valence-electron chi connectivity index (χ3n) is 3.07. The number of aromatic nitrogens is 2. The van der Waals surface area contributed by atoms with Crippen molar-refractivity contribution in [1.82, 2.24) is 14.9 Å². The van der Waals surface area contributed by atoms with E-state index in [-0.39, 0.29) is 6.04 Å². The van der Waals surface area contributed by atoms with E-state index in [2.05, 4.69) is 24.1 Å². The molecule has 2 heterocycles. The van der Waals surface area contributed by atoms with Gasteiger partial charge in [0.2, 0.25) is 0 Å². The van der Waals surface area contributed by atoms with Crippen LogP contribution in [0.3, 0.4) is 0 Å². The van der Waals surface area contributed by atoms with Crippen LogP contribution in [0.25, 0.3) is 0 Å². The highest BCUT2D eigenvalue weighted by molar-refractivity contribution is 5.06. The smallest absolute Gasteiger partial charge is 0.123 e. The fourth-order valence-electron chi connectivity index (χ4n) is 1.94. The number of hydrogen-bond acceptors (Lipinski definition) is 4. The number of rotatable bonds is 8. The van der Waals surface area contributed by atoms with Crippen molar-refractivity contribution in [3.63, 3.8) is 0 Å². The van der Waals surface area contributed by atoms with Gasteiger partial charge in [-0.05, 0) is 18.1 Å². The van der Waals surface area contributed by atoms with Crippen molar-refractivity contribution < 1.29 is 9.15 Å². The predicted octanol–water partition coefficient (Wildman–Crippen LogP) is 2.52. The molecule has 0 saturated heterocycles. The van der Waals surface area contributed by atoms with E-state index in [1.54, 1.807) is 12.6 Å². The first-order chi connectivity index (χ1) is 9.66. The molecule has 1 atom stereocenters. The molecule has 0 radical (unpaired) electrons. The molecule has 0 spiro atoms. The Kier molecular flexibility index (Phi) is 5.38. The lowest BCUT2D eigenvalue weighted by molar-refractivity contribution is 0.0843. The van der Waals surface area contributed by atoms with Crippen molar-refractivity contribution in [2.75, 3.05) is 13.2 Å². The maximum Gasteiger partial charge on any atom is 0.123 e. The Hall–Kier alpha value is -1.59. The van der Waals surface area contributed by atoms with E-state index in [1.807, 2.05) is 29.9 Å². The Labute approximate surface area is 120 Å². The average Bonchev–Trinajstić information content (AvgIpc) is 3.05. The van der Waals surface area contributed by atoms with Crippen LogP contribution in [0.1, 0.15) is 31.3 Å². The normalized spacial score (nSPS) is 13.0. The maximum atomic E-state index is 5.74. The molecule has 5 heteroatoms. The highest BCUT2D eigenvalue weighted by atomic mass is 16.5. The highest BCUT2D eigenvalue weighted by Gasteiger charge is 2.15. The molecule has 0 aliphatic carbocycles. The Morgan fingerprint density at radius 1 is 1.40 bits per heavy atom.